The van der Waals surface area contributed by atoms with Gasteiger partial charge in [0.2, 0.25) is 5.89 Å². The van der Waals surface area contributed by atoms with E-state index in [2.05, 4.69) is 9.88 Å². The summed E-state index contributed by atoms with van der Waals surface area (Å²) in [6.07, 6.45) is 1.59. The van der Waals surface area contributed by atoms with Crippen LogP contribution in [-0.4, -0.2) is 49.1 Å². The number of carbonyl (C=O) groups is 1. The Balaban J connectivity index is 1.34. The van der Waals surface area contributed by atoms with Gasteiger partial charge in [-0.05, 0) is 48.5 Å². The van der Waals surface area contributed by atoms with Crippen LogP contribution in [0.5, 0.6) is 5.75 Å². The zero-order chi connectivity index (χ0) is 23.5. The maximum Gasteiger partial charge on any atom is 0.254 e. The minimum absolute atomic E-state index is 0.0585. The van der Waals surface area contributed by atoms with Gasteiger partial charge in [-0.3, -0.25) is 4.79 Å². The fraction of sp³-hybridized carbons (Fsp3) is 0.185. The molecule has 1 amide bonds. The Bertz CT molecular complexity index is 1290. The number of ether oxygens (including phenoxy) is 1. The molecule has 1 aromatic heterocycles. The van der Waals surface area contributed by atoms with Crippen molar-refractivity contribution >= 4 is 11.6 Å². The second-order valence-corrected chi connectivity index (χ2v) is 8.03. The van der Waals surface area contributed by atoms with Crippen molar-refractivity contribution in [2.75, 3.05) is 38.2 Å². The van der Waals surface area contributed by atoms with Crippen LogP contribution < -0.4 is 9.64 Å². The normalized spacial score (nSPS) is 13.7. The van der Waals surface area contributed by atoms with E-state index >= 15 is 0 Å². The third kappa shape index (κ3) is 4.24. The van der Waals surface area contributed by atoms with Crippen LogP contribution in [0.3, 0.4) is 0 Å². The average molecular weight is 458 g/mol. The van der Waals surface area contributed by atoms with Crippen LogP contribution >= 0.6 is 0 Å². The molecule has 0 unspecified atom stereocenters. The van der Waals surface area contributed by atoms with E-state index in [4.69, 9.17) is 9.15 Å². The zero-order valence-electron chi connectivity index (χ0n) is 18.8. The predicted molar refractivity (Wildman–Crippen MR) is 128 cm³/mol. The van der Waals surface area contributed by atoms with Gasteiger partial charge in [0, 0.05) is 37.3 Å². The van der Waals surface area contributed by atoms with Crippen molar-refractivity contribution in [2.45, 2.75) is 0 Å². The molecule has 4 aromatic rings. The number of hydrogen-bond acceptors (Lipinski definition) is 5. The number of aromatic nitrogens is 1. The van der Waals surface area contributed by atoms with Crippen molar-refractivity contribution in [1.82, 2.24) is 9.88 Å². The Labute approximate surface area is 197 Å². The number of halogens is 1. The minimum atomic E-state index is -0.315. The molecule has 7 heteroatoms. The summed E-state index contributed by atoms with van der Waals surface area (Å²) < 4.78 is 24.7. The molecular weight excluding hydrogens is 433 g/mol. The maximum absolute atomic E-state index is 13.4. The van der Waals surface area contributed by atoms with Gasteiger partial charge in [-0.1, -0.05) is 24.3 Å². The number of piperazine rings is 1. The van der Waals surface area contributed by atoms with Gasteiger partial charge in [0.1, 0.15) is 11.6 Å². The summed E-state index contributed by atoms with van der Waals surface area (Å²) in [6, 6.07) is 21.3. The lowest BCUT2D eigenvalue weighted by molar-refractivity contribution is 0.0747. The number of benzene rings is 3. The zero-order valence-corrected chi connectivity index (χ0v) is 18.8. The highest BCUT2D eigenvalue weighted by Crippen LogP contribution is 2.31. The van der Waals surface area contributed by atoms with Crippen LogP contribution in [0, 0.1) is 5.82 Å². The highest BCUT2D eigenvalue weighted by atomic mass is 19.1. The van der Waals surface area contributed by atoms with Gasteiger partial charge in [-0.25, -0.2) is 9.37 Å². The predicted octanol–water partition coefficient (Wildman–Crippen LogP) is 5.12. The van der Waals surface area contributed by atoms with E-state index in [0.717, 1.165) is 17.0 Å². The molecule has 172 valence electrons. The topological polar surface area (TPSA) is 58.8 Å². The smallest absolute Gasteiger partial charge is 0.254 e. The first-order valence-corrected chi connectivity index (χ1v) is 11.1. The highest BCUT2D eigenvalue weighted by molar-refractivity contribution is 6.00. The molecular formula is C27H24FN3O3. The standard InChI is InChI=1S/C27H24FN3O3/c1-33-24-9-5-4-8-23(24)30-14-16-31(17-15-30)27(32)22-7-3-2-6-21(22)26-29-18-25(34-26)19-10-12-20(28)13-11-19/h2-13,18H,14-17H2,1H3. The third-order valence-electron chi connectivity index (χ3n) is 6.02. The Kier molecular flexibility index (Phi) is 5.99. The Morgan fingerprint density at radius 1 is 0.941 bits per heavy atom. The molecule has 0 aliphatic carbocycles. The summed E-state index contributed by atoms with van der Waals surface area (Å²) in [6.45, 7) is 2.61. The molecule has 0 N–H and O–H groups in total. The van der Waals surface area contributed by atoms with Gasteiger partial charge in [0.25, 0.3) is 5.91 Å². The monoisotopic (exact) mass is 457 g/mol. The number of amides is 1. The molecule has 6 nitrogen and oxygen atoms in total. The Morgan fingerprint density at radius 2 is 1.65 bits per heavy atom. The van der Waals surface area contributed by atoms with E-state index < -0.39 is 0 Å². The van der Waals surface area contributed by atoms with Crippen LogP contribution in [0.15, 0.2) is 83.4 Å². The van der Waals surface area contributed by atoms with Gasteiger partial charge in [0.15, 0.2) is 5.76 Å². The fourth-order valence-electron chi connectivity index (χ4n) is 4.21. The van der Waals surface area contributed by atoms with E-state index in [1.54, 1.807) is 31.5 Å². The first-order chi connectivity index (χ1) is 16.6. The number of rotatable bonds is 5. The van der Waals surface area contributed by atoms with Crippen LogP contribution in [-0.2, 0) is 0 Å². The molecule has 0 radical (unpaired) electrons. The number of carbonyl (C=O) groups excluding carboxylic acids is 1. The molecule has 0 spiro atoms. The van der Waals surface area contributed by atoms with Gasteiger partial charge >= 0.3 is 0 Å². The number of anilines is 1. The number of methoxy groups -OCH3 is 1. The third-order valence-corrected chi connectivity index (χ3v) is 6.02. The van der Waals surface area contributed by atoms with Crippen LogP contribution in [0.25, 0.3) is 22.8 Å². The summed E-state index contributed by atoms with van der Waals surface area (Å²) in [7, 11) is 1.67. The van der Waals surface area contributed by atoms with E-state index in [0.29, 0.717) is 49.0 Å². The quantitative estimate of drug-likeness (QED) is 0.416. The molecule has 34 heavy (non-hydrogen) atoms. The Hall–Kier alpha value is -4.13. The second kappa shape index (κ2) is 9.39. The molecule has 1 fully saturated rings. The molecule has 0 bridgehead atoms. The maximum atomic E-state index is 13.4. The van der Waals surface area contributed by atoms with Crippen molar-refractivity contribution in [2.24, 2.45) is 0 Å². The molecule has 3 aromatic carbocycles. The fourth-order valence-corrected chi connectivity index (χ4v) is 4.21. The highest BCUT2D eigenvalue weighted by Gasteiger charge is 2.26. The van der Waals surface area contributed by atoms with Gasteiger partial charge < -0.3 is 19.0 Å². The lowest BCUT2D eigenvalue weighted by atomic mass is 10.1. The van der Waals surface area contributed by atoms with E-state index in [1.807, 2.05) is 47.4 Å². The summed E-state index contributed by atoms with van der Waals surface area (Å²) >= 11 is 0. The molecule has 1 aliphatic rings. The van der Waals surface area contributed by atoms with Crippen molar-refractivity contribution in [3.8, 4) is 28.5 Å². The molecule has 5 rings (SSSR count). The largest absolute Gasteiger partial charge is 0.495 e. The van der Waals surface area contributed by atoms with Crippen LogP contribution in [0.2, 0.25) is 0 Å². The summed E-state index contributed by atoms with van der Waals surface area (Å²) in [5.74, 6) is 1.33. The Morgan fingerprint density at radius 3 is 2.41 bits per heavy atom. The minimum Gasteiger partial charge on any atom is -0.495 e. The summed E-state index contributed by atoms with van der Waals surface area (Å²) in [5.41, 5.74) is 2.93. The molecule has 1 aliphatic heterocycles. The molecule has 0 saturated carbocycles. The molecule has 2 heterocycles. The van der Waals surface area contributed by atoms with Crippen molar-refractivity contribution in [1.29, 1.82) is 0 Å². The van der Waals surface area contributed by atoms with Gasteiger partial charge in [-0.2, -0.15) is 0 Å². The lowest BCUT2D eigenvalue weighted by Gasteiger charge is -2.36. The van der Waals surface area contributed by atoms with Crippen LogP contribution in [0.1, 0.15) is 10.4 Å². The first-order valence-electron chi connectivity index (χ1n) is 11.1. The SMILES string of the molecule is COc1ccccc1N1CCN(C(=O)c2ccccc2-c2ncc(-c3ccc(F)cc3)o2)CC1. The van der Waals surface area contributed by atoms with E-state index in [9.17, 15) is 9.18 Å². The lowest BCUT2D eigenvalue weighted by Crippen LogP contribution is -2.49. The number of para-hydroxylation sites is 2. The number of nitrogens with zero attached hydrogens (tertiary/aromatic N) is 3. The van der Waals surface area contributed by atoms with E-state index in [1.165, 1.54) is 12.1 Å². The van der Waals surface area contributed by atoms with Crippen LogP contribution in [0.4, 0.5) is 10.1 Å². The second-order valence-electron chi connectivity index (χ2n) is 8.03. The number of hydrogen-bond donors (Lipinski definition) is 0. The first kappa shape index (κ1) is 21.7. The van der Waals surface area contributed by atoms with Crippen molar-refractivity contribution < 1.29 is 18.3 Å². The van der Waals surface area contributed by atoms with Crippen molar-refractivity contribution in [3.05, 3.63) is 90.4 Å². The molecule has 0 atom stereocenters. The number of oxazole rings is 1. The van der Waals surface area contributed by atoms with Gasteiger partial charge in [-0.15, -0.1) is 0 Å². The van der Waals surface area contributed by atoms with Gasteiger partial charge in [0.05, 0.1) is 24.6 Å². The van der Waals surface area contributed by atoms with Crippen molar-refractivity contribution in [3.63, 3.8) is 0 Å². The summed E-state index contributed by atoms with van der Waals surface area (Å²) in [4.78, 5) is 21.9. The molecule has 1 saturated heterocycles. The van der Waals surface area contributed by atoms with E-state index in [-0.39, 0.29) is 11.7 Å². The summed E-state index contributed by atoms with van der Waals surface area (Å²) in [5, 5.41) is 0. The average Bonchev–Trinajstić information content (AvgIpc) is 3.39.